The first kappa shape index (κ1) is 61.7. The number of nitrogens with zero attached hydrogens (tertiary/aromatic N) is 3. The summed E-state index contributed by atoms with van der Waals surface area (Å²) in [6.07, 6.45) is 0.459. The van der Waals surface area contributed by atoms with Crippen molar-refractivity contribution in [1.29, 1.82) is 0 Å². The first-order chi connectivity index (χ1) is 36.7. The van der Waals surface area contributed by atoms with Crippen LogP contribution < -0.4 is 37.6 Å². The Morgan fingerprint density at radius 1 is 0.744 bits per heavy atom. The molecule has 10 amide bonds. The molecular formula is C51H62F2N10O15. The molecule has 11 N–H and O–H groups in total. The van der Waals surface area contributed by atoms with Crippen LogP contribution in [0.5, 0.6) is 0 Å². The summed E-state index contributed by atoms with van der Waals surface area (Å²) in [6, 6.07) is 5.76. The smallest absolute Gasteiger partial charge is 0.326 e. The van der Waals surface area contributed by atoms with Gasteiger partial charge in [-0.05, 0) is 55.0 Å². The zero-order chi connectivity index (χ0) is 58.0. The molecule has 2 aromatic carbocycles. The Morgan fingerprint density at radius 2 is 1.40 bits per heavy atom. The maximum absolute atomic E-state index is 15.4. The Hall–Kier alpha value is -8.88. The molecule has 0 radical (unpaired) electrons. The Balaban J connectivity index is 1.65. The van der Waals surface area contributed by atoms with Gasteiger partial charge in [0.15, 0.2) is 0 Å². The van der Waals surface area contributed by atoms with Gasteiger partial charge in [0.1, 0.15) is 49.0 Å². The van der Waals surface area contributed by atoms with Gasteiger partial charge in [-0.1, -0.05) is 51.1 Å². The van der Waals surface area contributed by atoms with Crippen LogP contribution in [0, 0.1) is 17.0 Å². The van der Waals surface area contributed by atoms with Crippen LogP contribution in [0.2, 0.25) is 0 Å². The molecule has 0 bridgehead atoms. The van der Waals surface area contributed by atoms with Crippen molar-refractivity contribution in [2.24, 2.45) is 11.1 Å². The number of aliphatic carboxylic acids is 2. The lowest BCUT2D eigenvalue weighted by atomic mass is 9.82. The average molecular weight is 1090 g/mol. The van der Waals surface area contributed by atoms with Gasteiger partial charge < -0.3 is 62.4 Å². The highest BCUT2D eigenvalue weighted by molar-refractivity contribution is 6.14. The number of carboxylic acid groups (broad SMARTS) is 2. The molecule has 1 aliphatic rings. The summed E-state index contributed by atoms with van der Waals surface area (Å²) in [5.41, 5.74) is 5.74. The van der Waals surface area contributed by atoms with Crippen molar-refractivity contribution in [2.45, 2.75) is 96.6 Å². The van der Waals surface area contributed by atoms with Gasteiger partial charge in [-0.3, -0.25) is 57.6 Å². The summed E-state index contributed by atoms with van der Waals surface area (Å²) in [7, 11) is 0. The second-order valence-electron chi connectivity index (χ2n) is 19.1. The van der Waals surface area contributed by atoms with E-state index >= 15 is 4.39 Å². The highest BCUT2D eigenvalue weighted by Crippen LogP contribution is 2.41. The second kappa shape index (κ2) is 28.3. The van der Waals surface area contributed by atoms with Crippen LogP contribution in [0.1, 0.15) is 77.1 Å². The van der Waals surface area contributed by atoms with E-state index < -0.39 is 183 Å². The molecule has 0 spiro atoms. The number of hydrogen-bond donors (Lipinski definition) is 10. The maximum Gasteiger partial charge on any atom is 0.326 e. The average Bonchev–Trinajstić information content (AvgIpc) is 4.00. The SMILES string of the molecule is CC(NC(=O)CNC(=O)CN1C(=O)C=CC1=O)C(=O)NC(CC(N)=O)C(=O)NC(CCN(C(=O)CO)C(c1cc(-c2cc(F)ccc2F)cn1Cc1ccccc1)C(C)(C)C)C(=O)NCCC(=O)N[C@H](CCC(=O)O)C(=O)O. The molecule has 78 heavy (non-hydrogen) atoms. The molecule has 25 nitrogen and oxygen atoms in total. The second-order valence-corrected chi connectivity index (χ2v) is 19.1. The fourth-order valence-corrected chi connectivity index (χ4v) is 8.15. The van der Waals surface area contributed by atoms with Crippen molar-refractivity contribution in [3.63, 3.8) is 0 Å². The van der Waals surface area contributed by atoms with E-state index in [1.54, 1.807) is 55.8 Å². The van der Waals surface area contributed by atoms with E-state index in [0.29, 0.717) is 10.6 Å². The summed E-state index contributed by atoms with van der Waals surface area (Å²) < 4.78 is 31.7. The summed E-state index contributed by atoms with van der Waals surface area (Å²) in [4.78, 5) is 154. The third-order valence-electron chi connectivity index (χ3n) is 11.9. The highest BCUT2D eigenvalue weighted by atomic mass is 19.1. The predicted octanol–water partition coefficient (Wildman–Crippen LogP) is -0.889. The normalized spacial score (nSPS) is 14.0. The van der Waals surface area contributed by atoms with Crippen LogP contribution in [0.15, 0.2) is 72.9 Å². The van der Waals surface area contributed by atoms with Crippen LogP contribution in [0.4, 0.5) is 8.78 Å². The van der Waals surface area contributed by atoms with Gasteiger partial charge in [0.05, 0.1) is 19.0 Å². The topological polar surface area (TPSA) is 375 Å². The van der Waals surface area contributed by atoms with Crippen LogP contribution >= 0.6 is 0 Å². The van der Waals surface area contributed by atoms with Crippen LogP contribution in [-0.2, 0) is 64.1 Å². The van der Waals surface area contributed by atoms with E-state index in [1.165, 1.54) is 11.8 Å². The van der Waals surface area contributed by atoms with Gasteiger partial charge in [0.2, 0.25) is 47.3 Å². The molecule has 0 saturated carbocycles. The van der Waals surface area contributed by atoms with Crippen molar-refractivity contribution in [2.75, 3.05) is 32.8 Å². The fraction of sp³-hybridized carbons (Fsp3) is 0.412. The molecule has 420 valence electrons. The Morgan fingerprint density at radius 3 is 2.00 bits per heavy atom. The summed E-state index contributed by atoms with van der Waals surface area (Å²) in [5.74, 6) is -13.9. The van der Waals surface area contributed by atoms with Gasteiger partial charge in [0.25, 0.3) is 11.8 Å². The number of nitrogens with one attached hydrogen (secondary N) is 6. The minimum absolute atomic E-state index is 0.105. The molecule has 3 aromatic rings. The number of carbonyl (C=O) groups excluding carboxylic acids is 10. The zero-order valence-electron chi connectivity index (χ0n) is 43.0. The predicted molar refractivity (Wildman–Crippen MR) is 269 cm³/mol. The minimum Gasteiger partial charge on any atom is -0.481 e. The number of carbonyl (C=O) groups is 12. The molecule has 0 aliphatic carbocycles. The summed E-state index contributed by atoms with van der Waals surface area (Å²) in [6.45, 7) is 3.10. The minimum atomic E-state index is -1.85. The Bertz CT molecular complexity index is 2780. The number of halogens is 2. The zero-order valence-corrected chi connectivity index (χ0v) is 43.0. The van der Waals surface area contributed by atoms with Crippen LogP contribution in [0.25, 0.3) is 11.1 Å². The lowest BCUT2D eigenvalue weighted by Crippen LogP contribution is -2.58. The van der Waals surface area contributed by atoms with Crippen molar-refractivity contribution in [3.8, 4) is 11.1 Å². The third kappa shape index (κ3) is 18.4. The van der Waals surface area contributed by atoms with Gasteiger partial charge in [-0.25, -0.2) is 13.6 Å². The van der Waals surface area contributed by atoms with E-state index in [-0.39, 0.29) is 17.7 Å². The molecule has 27 heteroatoms. The van der Waals surface area contributed by atoms with Gasteiger partial charge in [0, 0.05) is 67.6 Å². The molecular weight excluding hydrogens is 1030 g/mol. The number of aliphatic hydroxyl groups excluding tert-OH is 1. The lowest BCUT2D eigenvalue weighted by Gasteiger charge is -2.41. The van der Waals surface area contributed by atoms with Crippen LogP contribution in [0.3, 0.4) is 0 Å². The van der Waals surface area contributed by atoms with E-state index in [9.17, 15) is 72.1 Å². The molecule has 4 unspecified atom stereocenters. The first-order valence-corrected chi connectivity index (χ1v) is 24.3. The summed E-state index contributed by atoms with van der Waals surface area (Å²) >= 11 is 0. The number of hydrogen-bond acceptors (Lipinski definition) is 13. The maximum atomic E-state index is 15.4. The third-order valence-corrected chi connectivity index (χ3v) is 11.9. The van der Waals surface area contributed by atoms with Crippen molar-refractivity contribution >= 4 is 71.0 Å². The first-order valence-electron chi connectivity index (χ1n) is 24.3. The number of amides is 10. The monoisotopic (exact) mass is 1090 g/mol. The number of primary amides is 1. The van der Waals surface area contributed by atoms with E-state index in [0.717, 1.165) is 35.9 Å². The van der Waals surface area contributed by atoms with Crippen molar-refractivity contribution in [3.05, 3.63) is 95.8 Å². The quantitative estimate of drug-likeness (QED) is 0.0377. The number of nitrogens with two attached hydrogens (primary N) is 1. The van der Waals surface area contributed by atoms with Crippen LogP contribution in [-0.4, -0.2) is 158 Å². The van der Waals surface area contributed by atoms with Gasteiger partial charge >= 0.3 is 11.9 Å². The standard InChI is InChI=1S/C51H62F2N10O15/c1-28(57-40(67)23-56-41(68)26-63-42(69)13-14-43(63)70)47(74)60-36(22-38(54)65)49(76)59-34(48(75)55-18-16-39(66)58-35(50(77)78)12-15-45(72)73)17-19-62(44(71)27-64)46(51(2,3)4)37-20-30(32-21-31(52)10-11-33(32)53)25-61(37)24-29-8-6-5-7-9-29/h5-11,13-14,20-21,25,28,34-36,46,64H,12,15-19,22-24,26-27H2,1-4H3,(H2,54,65)(H,55,75)(H,56,68)(H,57,67)(H,58,66)(H,59,76)(H,60,74)(H,72,73)(H,77,78)/t28?,34?,35-,36?,46?/m1/s1. The Labute approximate surface area is 445 Å². The number of benzene rings is 2. The van der Waals surface area contributed by atoms with E-state index in [4.69, 9.17) is 10.8 Å². The van der Waals surface area contributed by atoms with Gasteiger partial charge in [-0.15, -0.1) is 0 Å². The molecule has 0 fully saturated rings. The van der Waals surface area contributed by atoms with E-state index in [2.05, 4.69) is 31.9 Å². The lowest BCUT2D eigenvalue weighted by molar-refractivity contribution is -0.143. The molecule has 0 saturated heterocycles. The number of aliphatic hydroxyl groups is 1. The van der Waals surface area contributed by atoms with E-state index in [1.807, 2.05) is 12.1 Å². The molecule has 5 atom stereocenters. The molecule has 4 rings (SSSR count). The molecule has 2 heterocycles. The van der Waals surface area contributed by atoms with Crippen molar-refractivity contribution in [1.82, 2.24) is 46.3 Å². The fourth-order valence-electron chi connectivity index (χ4n) is 8.15. The van der Waals surface area contributed by atoms with Crippen molar-refractivity contribution < 1.29 is 81.6 Å². The number of imide groups is 1. The molecule has 1 aromatic heterocycles. The number of aromatic nitrogens is 1. The summed E-state index contributed by atoms with van der Waals surface area (Å²) in [5, 5.41) is 42.6. The van der Waals surface area contributed by atoms with Gasteiger partial charge in [-0.2, -0.15) is 0 Å². The number of carboxylic acids is 2. The number of rotatable bonds is 29. The largest absolute Gasteiger partial charge is 0.481 e. The Kier molecular flexibility index (Phi) is 22.4. The molecule has 1 aliphatic heterocycles. The highest BCUT2D eigenvalue weighted by Gasteiger charge is 2.39.